The number of anilines is 1. The summed E-state index contributed by atoms with van der Waals surface area (Å²) in [6.07, 6.45) is 0.111. The van der Waals surface area contributed by atoms with Crippen LogP contribution in [0, 0.1) is 5.82 Å². The Kier molecular flexibility index (Phi) is 5.95. The molecule has 0 aliphatic heterocycles. The topological polar surface area (TPSA) is 43.8 Å². The summed E-state index contributed by atoms with van der Waals surface area (Å²) >= 11 is 0. The molecule has 5 heteroatoms. The van der Waals surface area contributed by atoms with Crippen LogP contribution in [0.5, 0.6) is 0 Å². The highest BCUT2D eigenvalue weighted by Gasteiger charge is 2.16. The van der Waals surface area contributed by atoms with Gasteiger partial charge in [-0.25, -0.2) is 4.39 Å². The van der Waals surface area contributed by atoms with Crippen molar-refractivity contribution in [3.63, 3.8) is 0 Å². The van der Waals surface area contributed by atoms with E-state index >= 15 is 0 Å². The molecule has 20 heavy (non-hydrogen) atoms. The van der Waals surface area contributed by atoms with Gasteiger partial charge in [-0.2, -0.15) is 0 Å². The van der Waals surface area contributed by atoms with Crippen molar-refractivity contribution in [1.29, 1.82) is 0 Å². The summed E-state index contributed by atoms with van der Waals surface area (Å²) in [5.41, 5.74) is 0.924. The van der Waals surface area contributed by atoms with Crippen molar-refractivity contribution < 1.29 is 14.3 Å². The molecule has 0 aliphatic carbocycles. The number of amides is 1. The van der Waals surface area contributed by atoms with Crippen molar-refractivity contribution in [2.45, 2.75) is 26.4 Å². The third kappa shape index (κ3) is 4.20. The van der Waals surface area contributed by atoms with E-state index in [2.05, 4.69) is 0 Å². The van der Waals surface area contributed by atoms with Crippen molar-refractivity contribution in [3.05, 3.63) is 29.6 Å². The van der Waals surface area contributed by atoms with Crippen molar-refractivity contribution in [3.8, 4) is 0 Å². The zero-order chi connectivity index (χ0) is 15.3. The molecule has 1 N–H and O–H groups in total. The van der Waals surface area contributed by atoms with E-state index in [0.717, 1.165) is 6.42 Å². The van der Waals surface area contributed by atoms with Crippen LogP contribution in [-0.2, 0) is 4.79 Å². The van der Waals surface area contributed by atoms with Gasteiger partial charge in [-0.05, 0) is 31.0 Å². The first-order chi connectivity index (χ1) is 9.36. The Balaban J connectivity index is 2.99. The molecule has 0 aliphatic rings. The Hall–Kier alpha value is -1.62. The highest BCUT2D eigenvalue weighted by atomic mass is 19.1. The first-order valence-corrected chi connectivity index (χ1v) is 6.79. The van der Waals surface area contributed by atoms with E-state index in [1.54, 1.807) is 38.1 Å². The lowest BCUT2D eigenvalue weighted by Crippen LogP contribution is -2.37. The maximum Gasteiger partial charge on any atom is 0.241 e. The van der Waals surface area contributed by atoms with Crippen LogP contribution in [0.3, 0.4) is 0 Å². The first kappa shape index (κ1) is 16.4. The molecule has 1 aromatic carbocycles. The molecule has 0 radical (unpaired) electrons. The summed E-state index contributed by atoms with van der Waals surface area (Å²) in [4.78, 5) is 15.0. The predicted octanol–water partition coefficient (Wildman–Crippen LogP) is 2.18. The largest absolute Gasteiger partial charge is 0.389 e. The standard InChI is InChI=1S/C15H23FN2O2/c1-5-8-18(10-15(20)17(3)4)14-7-6-12(11(2)19)9-13(14)16/h6-7,9,11,19H,5,8,10H2,1-4H3. The number of hydrogen-bond acceptors (Lipinski definition) is 3. The second kappa shape index (κ2) is 7.24. The Morgan fingerprint density at radius 3 is 2.50 bits per heavy atom. The van der Waals surface area contributed by atoms with Gasteiger partial charge in [0.25, 0.3) is 0 Å². The van der Waals surface area contributed by atoms with E-state index in [1.165, 1.54) is 11.0 Å². The molecule has 0 spiro atoms. The molecule has 0 bridgehead atoms. The number of rotatable bonds is 6. The number of aliphatic hydroxyl groups excluding tert-OH is 1. The second-order valence-corrected chi connectivity index (χ2v) is 5.10. The van der Waals surface area contributed by atoms with Crippen LogP contribution in [0.4, 0.5) is 10.1 Å². The van der Waals surface area contributed by atoms with Gasteiger partial charge >= 0.3 is 0 Å². The average Bonchev–Trinajstić information content (AvgIpc) is 2.37. The zero-order valence-electron chi connectivity index (χ0n) is 12.6. The normalized spacial score (nSPS) is 12.1. The Morgan fingerprint density at radius 2 is 2.05 bits per heavy atom. The van der Waals surface area contributed by atoms with Crippen LogP contribution in [0.2, 0.25) is 0 Å². The number of nitrogens with zero attached hydrogens (tertiary/aromatic N) is 2. The SMILES string of the molecule is CCCN(CC(=O)N(C)C)c1ccc(C(C)O)cc1F. The number of hydrogen-bond donors (Lipinski definition) is 1. The van der Waals surface area contributed by atoms with Gasteiger partial charge in [-0.15, -0.1) is 0 Å². The molecule has 0 saturated carbocycles. The van der Waals surface area contributed by atoms with Gasteiger partial charge in [0, 0.05) is 20.6 Å². The minimum atomic E-state index is -0.707. The number of aliphatic hydroxyl groups is 1. The molecule has 0 saturated heterocycles. The summed E-state index contributed by atoms with van der Waals surface area (Å²) in [5, 5.41) is 9.46. The summed E-state index contributed by atoms with van der Waals surface area (Å²) in [6.45, 7) is 4.32. The van der Waals surface area contributed by atoms with E-state index in [-0.39, 0.29) is 12.5 Å². The van der Waals surface area contributed by atoms with Gasteiger partial charge in [-0.1, -0.05) is 13.0 Å². The predicted molar refractivity (Wildman–Crippen MR) is 78.2 cm³/mol. The van der Waals surface area contributed by atoms with Gasteiger partial charge in [-0.3, -0.25) is 4.79 Å². The lowest BCUT2D eigenvalue weighted by atomic mass is 10.1. The Bertz CT molecular complexity index is 461. The lowest BCUT2D eigenvalue weighted by Gasteiger charge is -2.26. The molecule has 1 rings (SSSR count). The minimum absolute atomic E-state index is 0.0718. The number of benzene rings is 1. The molecule has 1 amide bonds. The fourth-order valence-electron chi connectivity index (χ4n) is 1.90. The van der Waals surface area contributed by atoms with Crippen LogP contribution in [0.1, 0.15) is 31.9 Å². The summed E-state index contributed by atoms with van der Waals surface area (Å²) in [6, 6.07) is 4.63. The van der Waals surface area contributed by atoms with Crippen molar-refractivity contribution >= 4 is 11.6 Å². The number of carbonyl (C=O) groups is 1. The van der Waals surface area contributed by atoms with Gasteiger partial charge in [0.1, 0.15) is 5.82 Å². The highest BCUT2D eigenvalue weighted by molar-refractivity contribution is 5.81. The van der Waals surface area contributed by atoms with E-state index in [9.17, 15) is 14.3 Å². The maximum absolute atomic E-state index is 14.2. The van der Waals surface area contributed by atoms with Crippen LogP contribution >= 0.6 is 0 Å². The van der Waals surface area contributed by atoms with E-state index < -0.39 is 11.9 Å². The average molecular weight is 282 g/mol. The Labute approximate surface area is 119 Å². The fraction of sp³-hybridized carbons (Fsp3) is 0.533. The highest BCUT2D eigenvalue weighted by Crippen LogP contribution is 2.23. The maximum atomic E-state index is 14.2. The summed E-state index contributed by atoms with van der Waals surface area (Å²) < 4.78 is 14.2. The lowest BCUT2D eigenvalue weighted by molar-refractivity contribution is -0.127. The first-order valence-electron chi connectivity index (χ1n) is 6.79. The van der Waals surface area contributed by atoms with Crippen molar-refractivity contribution in [2.24, 2.45) is 0 Å². The quantitative estimate of drug-likeness (QED) is 0.870. The van der Waals surface area contributed by atoms with Crippen LogP contribution in [0.25, 0.3) is 0 Å². The number of carbonyl (C=O) groups excluding carboxylic acids is 1. The minimum Gasteiger partial charge on any atom is -0.389 e. The van der Waals surface area contributed by atoms with Gasteiger partial charge in [0.2, 0.25) is 5.91 Å². The van der Waals surface area contributed by atoms with Gasteiger partial charge in [0.05, 0.1) is 18.3 Å². The zero-order valence-corrected chi connectivity index (χ0v) is 12.6. The van der Waals surface area contributed by atoms with Gasteiger partial charge in [0.15, 0.2) is 0 Å². The molecule has 1 aromatic rings. The van der Waals surface area contributed by atoms with Gasteiger partial charge < -0.3 is 14.9 Å². The number of likely N-dealkylation sites (N-methyl/N-ethyl adjacent to an activating group) is 1. The van der Waals surface area contributed by atoms with Crippen LogP contribution in [0.15, 0.2) is 18.2 Å². The fourth-order valence-corrected chi connectivity index (χ4v) is 1.90. The van der Waals surface area contributed by atoms with Crippen molar-refractivity contribution in [1.82, 2.24) is 4.90 Å². The molecule has 4 nitrogen and oxygen atoms in total. The number of halogens is 1. The second-order valence-electron chi connectivity index (χ2n) is 5.10. The third-order valence-corrected chi connectivity index (χ3v) is 3.11. The third-order valence-electron chi connectivity index (χ3n) is 3.11. The van der Waals surface area contributed by atoms with Crippen molar-refractivity contribution in [2.75, 3.05) is 32.1 Å². The molecule has 0 fully saturated rings. The van der Waals surface area contributed by atoms with E-state index in [4.69, 9.17) is 0 Å². The van der Waals surface area contributed by atoms with Crippen LogP contribution in [-0.4, -0.2) is 43.1 Å². The smallest absolute Gasteiger partial charge is 0.241 e. The monoisotopic (exact) mass is 282 g/mol. The molecule has 1 atom stereocenters. The molecular formula is C15H23FN2O2. The summed E-state index contributed by atoms with van der Waals surface area (Å²) in [5.74, 6) is -0.485. The van der Waals surface area contributed by atoms with E-state index in [1.807, 2.05) is 6.92 Å². The van der Waals surface area contributed by atoms with Crippen LogP contribution < -0.4 is 4.90 Å². The van der Waals surface area contributed by atoms with E-state index in [0.29, 0.717) is 17.8 Å². The molecular weight excluding hydrogens is 259 g/mol. The Morgan fingerprint density at radius 1 is 1.40 bits per heavy atom. The molecule has 0 aromatic heterocycles. The molecule has 1 unspecified atom stereocenters. The molecule has 0 heterocycles. The molecule has 112 valence electrons. The summed E-state index contributed by atoms with van der Waals surface area (Å²) in [7, 11) is 3.36.